The van der Waals surface area contributed by atoms with Gasteiger partial charge in [-0.3, -0.25) is 14.9 Å². The molecule has 0 aliphatic carbocycles. The first-order valence-electron chi connectivity index (χ1n) is 7.03. The number of benzene rings is 1. The Kier molecular flexibility index (Phi) is 3.95. The lowest BCUT2D eigenvalue weighted by Crippen LogP contribution is -2.39. The van der Waals surface area contributed by atoms with Gasteiger partial charge in [0.2, 0.25) is 0 Å². The standard InChI is InChI=1S/C14H16BrN3O3/c15-10-5-9(6-13(7-10)18(20)21)14(19)17-4-3-11-1-2-12(8-17)16-11/h5-7,11-12,16H,1-4,8H2. The minimum absolute atomic E-state index is 0.0674. The molecule has 1 aromatic rings. The van der Waals surface area contributed by atoms with E-state index in [1.807, 2.05) is 4.90 Å². The predicted octanol–water partition coefficient (Wildman–Crippen LogP) is 2.32. The molecular weight excluding hydrogens is 338 g/mol. The van der Waals surface area contributed by atoms with Gasteiger partial charge >= 0.3 is 0 Å². The van der Waals surface area contributed by atoms with Gasteiger partial charge in [0.05, 0.1) is 4.92 Å². The van der Waals surface area contributed by atoms with Crippen molar-refractivity contribution in [3.8, 4) is 0 Å². The molecule has 21 heavy (non-hydrogen) atoms. The average molecular weight is 354 g/mol. The van der Waals surface area contributed by atoms with Gasteiger partial charge in [-0.05, 0) is 25.3 Å². The number of halogens is 1. The fraction of sp³-hybridized carbons (Fsp3) is 0.500. The Labute approximate surface area is 130 Å². The summed E-state index contributed by atoms with van der Waals surface area (Å²) in [6, 6.07) is 5.26. The molecule has 0 aromatic heterocycles. The summed E-state index contributed by atoms with van der Waals surface area (Å²) in [5.41, 5.74) is 0.302. The van der Waals surface area contributed by atoms with E-state index in [9.17, 15) is 14.9 Å². The number of non-ortho nitro benzene ring substituents is 1. The monoisotopic (exact) mass is 353 g/mol. The van der Waals surface area contributed by atoms with E-state index >= 15 is 0 Å². The quantitative estimate of drug-likeness (QED) is 0.653. The maximum atomic E-state index is 12.6. The third-order valence-electron chi connectivity index (χ3n) is 4.15. The first-order valence-corrected chi connectivity index (χ1v) is 7.82. The number of nitro groups is 1. The van der Waals surface area contributed by atoms with Gasteiger partial charge in [-0.15, -0.1) is 0 Å². The third-order valence-corrected chi connectivity index (χ3v) is 4.61. The van der Waals surface area contributed by atoms with Crippen molar-refractivity contribution in [3.05, 3.63) is 38.3 Å². The van der Waals surface area contributed by atoms with Gasteiger partial charge in [-0.2, -0.15) is 0 Å². The van der Waals surface area contributed by atoms with Crippen molar-refractivity contribution in [1.82, 2.24) is 10.2 Å². The fourth-order valence-electron chi connectivity index (χ4n) is 3.11. The summed E-state index contributed by atoms with van der Waals surface area (Å²) in [7, 11) is 0. The van der Waals surface area contributed by atoms with E-state index in [1.165, 1.54) is 18.6 Å². The summed E-state index contributed by atoms with van der Waals surface area (Å²) < 4.78 is 0.550. The lowest BCUT2D eigenvalue weighted by atomic mass is 10.1. The first kappa shape index (κ1) is 14.5. The molecule has 7 heteroatoms. The summed E-state index contributed by atoms with van der Waals surface area (Å²) >= 11 is 3.23. The number of rotatable bonds is 2. The molecule has 0 radical (unpaired) electrons. The number of hydrogen-bond donors (Lipinski definition) is 1. The van der Waals surface area contributed by atoms with Crippen LogP contribution in [0, 0.1) is 10.1 Å². The highest BCUT2D eigenvalue weighted by Crippen LogP contribution is 2.25. The molecule has 2 bridgehead atoms. The Bertz CT molecular complexity index is 593. The Morgan fingerprint density at radius 1 is 1.29 bits per heavy atom. The SMILES string of the molecule is O=C(c1cc(Br)cc([N+](=O)[O-])c1)N1CCC2CCC(C1)N2. The highest BCUT2D eigenvalue weighted by molar-refractivity contribution is 9.10. The number of nitrogens with one attached hydrogen (secondary N) is 1. The van der Waals surface area contributed by atoms with Crippen LogP contribution in [0.4, 0.5) is 5.69 Å². The first-order chi connectivity index (χ1) is 10.0. The number of nitrogens with zero attached hydrogens (tertiary/aromatic N) is 2. The van der Waals surface area contributed by atoms with Crippen molar-refractivity contribution < 1.29 is 9.72 Å². The van der Waals surface area contributed by atoms with E-state index < -0.39 is 4.92 Å². The van der Waals surface area contributed by atoms with E-state index in [0.29, 0.717) is 35.2 Å². The minimum atomic E-state index is -0.479. The van der Waals surface area contributed by atoms with Crippen molar-refractivity contribution in [2.24, 2.45) is 0 Å². The van der Waals surface area contributed by atoms with Gasteiger partial charge < -0.3 is 10.2 Å². The largest absolute Gasteiger partial charge is 0.337 e. The number of carbonyl (C=O) groups excluding carboxylic acids is 1. The Balaban J connectivity index is 1.83. The summed E-state index contributed by atoms with van der Waals surface area (Å²) in [6.45, 7) is 1.38. The lowest BCUT2D eigenvalue weighted by Gasteiger charge is -2.24. The van der Waals surface area contributed by atoms with Gasteiger partial charge in [-0.1, -0.05) is 15.9 Å². The highest BCUT2D eigenvalue weighted by atomic mass is 79.9. The van der Waals surface area contributed by atoms with Crippen molar-refractivity contribution in [3.63, 3.8) is 0 Å². The molecule has 1 amide bonds. The van der Waals surface area contributed by atoms with Crippen LogP contribution in [0.5, 0.6) is 0 Å². The van der Waals surface area contributed by atoms with Crippen molar-refractivity contribution in [2.75, 3.05) is 13.1 Å². The third kappa shape index (κ3) is 3.08. The molecular formula is C14H16BrN3O3. The van der Waals surface area contributed by atoms with Crippen molar-refractivity contribution in [2.45, 2.75) is 31.3 Å². The molecule has 2 aliphatic rings. The smallest absolute Gasteiger partial charge is 0.271 e. The number of fused-ring (bicyclic) bond motifs is 2. The molecule has 0 spiro atoms. The van der Waals surface area contributed by atoms with Gasteiger partial charge in [0.25, 0.3) is 11.6 Å². The summed E-state index contributed by atoms with van der Waals surface area (Å²) in [6.07, 6.45) is 3.21. The van der Waals surface area contributed by atoms with Crippen LogP contribution in [0.1, 0.15) is 29.6 Å². The molecule has 3 rings (SSSR count). The van der Waals surface area contributed by atoms with E-state index in [4.69, 9.17) is 0 Å². The fourth-order valence-corrected chi connectivity index (χ4v) is 3.59. The Morgan fingerprint density at radius 3 is 2.81 bits per heavy atom. The normalized spacial score (nSPS) is 24.7. The molecule has 2 saturated heterocycles. The topological polar surface area (TPSA) is 75.5 Å². The van der Waals surface area contributed by atoms with E-state index in [0.717, 1.165) is 12.8 Å². The Morgan fingerprint density at radius 2 is 2.05 bits per heavy atom. The molecule has 6 nitrogen and oxygen atoms in total. The van der Waals surface area contributed by atoms with Crippen molar-refractivity contribution in [1.29, 1.82) is 0 Å². The van der Waals surface area contributed by atoms with E-state index in [2.05, 4.69) is 21.2 Å². The second kappa shape index (κ2) is 5.73. The van der Waals surface area contributed by atoms with Gasteiger partial charge in [0, 0.05) is 47.3 Å². The van der Waals surface area contributed by atoms with Crippen LogP contribution in [0.2, 0.25) is 0 Å². The van der Waals surface area contributed by atoms with E-state index in [-0.39, 0.29) is 11.6 Å². The minimum Gasteiger partial charge on any atom is -0.337 e. The van der Waals surface area contributed by atoms with Crippen molar-refractivity contribution >= 4 is 27.5 Å². The van der Waals surface area contributed by atoms with Crippen LogP contribution >= 0.6 is 15.9 Å². The summed E-state index contributed by atoms with van der Waals surface area (Å²) in [5, 5.41) is 14.4. The average Bonchev–Trinajstić information content (AvgIpc) is 2.77. The van der Waals surface area contributed by atoms with E-state index in [1.54, 1.807) is 6.07 Å². The van der Waals surface area contributed by atoms with Gasteiger partial charge in [-0.25, -0.2) is 0 Å². The second-order valence-electron chi connectivity index (χ2n) is 5.63. The maximum Gasteiger partial charge on any atom is 0.271 e. The molecule has 0 saturated carbocycles. The van der Waals surface area contributed by atoms with Crippen LogP contribution in [0.3, 0.4) is 0 Å². The number of likely N-dealkylation sites (tertiary alicyclic amines) is 1. The number of hydrogen-bond acceptors (Lipinski definition) is 4. The predicted molar refractivity (Wildman–Crippen MR) is 81.3 cm³/mol. The van der Waals surface area contributed by atoms with Crippen LogP contribution in [0.15, 0.2) is 22.7 Å². The van der Waals surface area contributed by atoms with Gasteiger partial charge in [0.1, 0.15) is 0 Å². The van der Waals surface area contributed by atoms with Gasteiger partial charge in [0.15, 0.2) is 0 Å². The molecule has 2 atom stereocenters. The van der Waals surface area contributed by atoms with Crippen LogP contribution in [0.25, 0.3) is 0 Å². The second-order valence-corrected chi connectivity index (χ2v) is 6.55. The lowest BCUT2D eigenvalue weighted by molar-refractivity contribution is -0.385. The zero-order valence-corrected chi connectivity index (χ0v) is 13.0. The summed E-state index contributed by atoms with van der Waals surface area (Å²) in [4.78, 5) is 24.9. The van der Waals surface area contributed by atoms with Crippen LogP contribution in [-0.4, -0.2) is 40.9 Å². The number of nitro benzene ring substituents is 1. The Hall–Kier alpha value is -1.47. The molecule has 2 aliphatic heterocycles. The molecule has 2 heterocycles. The van der Waals surface area contributed by atoms with Crippen LogP contribution < -0.4 is 5.32 Å². The summed E-state index contributed by atoms with van der Waals surface area (Å²) in [5.74, 6) is -0.131. The maximum absolute atomic E-state index is 12.6. The molecule has 2 fully saturated rings. The molecule has 2 unspecified atom stereocenters. The van der Waals surface area contributed by atoms with Crippen LogP contribution in [-0.2, 0) is 0 Å². The molecule has 1 aromatic carbocycles. The number of carbonyl (C=O) groups is 1. The highest BCUT2D eigenvalue weighted by Gasteiger charge is 2.31. The molecule has 112 valence electrons. The zero-order valence-electron chi connectivity index (χ0n) is 11.4. The molecule has 1 N–H and O–H groups in total. The zero-order chi connectivity index (χ0) is 15.0. The number of amides is 1.